The molecule has 1 aromatic rings. The maximum absolute atomic E-state index is 12.0. The molecule has 0 aromatic carbocycles. The predicted octanol–water partition coefficient (Wildman–Crippen LogP) is 0.361. The van der Waals surface area contributed by atoms with E-state index in [0.717, 1.165) is 0 Å². The number of carbonyl (C=O) groups is 2. The molecule has 1 aliphatic rings. The first-order valence-electron chi connectivity index (χ1n) is 6.55. The first kappa shape index (κ1) is 14.9. The second-order valence-electron chi connectivity index (χ2n) is 5.20. The summed E-state index contributed by atoms with van der Waals surface area (Å²) in [6, 6.07) is 0. The number of hydrogen-bond acceptors (Lipinski definition) is 5. The average molecular weight is 296 g/mol. The third kappa shape index (κ3) is 3.36. The van der Waals surface area contributed by atoms with Gasteiger partial charge < -0.3 is 24.7 Å². The van der Waals surface area contributed by atoms with Crippen molar-refractivity contribution in [3.8, 4) is 0 Å². The number of imidazole rings is 1. The lowest BCUT2D eigenvalue weighted by Crippen LogP contribution is -2.30. The number of likely N-dealkylation sites (tertiary alicyclic amines) is 1. The molecule has 2 rings (SSSR count). The highest BCUT2D eigenvalue weighted by atomic mass is 16.6. The number of carboxylic acids is 1. The molecule has 0 spiro atoms. The number of amides is 1. The standard InChI is InChI=1S/C12H16N4O5/c1-8-4-15(5-9(8)12(18)19)11(17)2-3-14-6-10(13-7-14)16(20)21/h6-9H,2-5H2,1H3,(H,18,19)/t8-,9-/m1/s1. The number of nitro groups is 1. The van der Waals surface area contributed by atoms with Crippen molar-refractivity contribution in [2.24, 2.45) is 11.8 Å². The molecule has 0 bridgehead atoms. The Bertz CT molecular complexity index is 570. The van der Waals surface area contributed by atoms with Crippen LogP contribution in [0.2, 0.25) is 0 Å². The first-order chi connectivity index (χ1) is 9.88. The summed E-state index contributed by atoms with van der Waals surface area (Å²) in [5.74, 6) is -1.89. The maximum Gasteiger partial charge on any atom is 0.381 e. The summed E-state index contributed by atoms with van der Waals surface area (Å²) in [4.78, 5) is 38.1. The maximum atomic E-state index is 12.0. The summed E-state index contributed by atoms with van der Waals surface area (Å²) in [6.07, 6.45) is 2.73. The Kier molecular flexibility index (Phi) is 4.20. The number of hydrogen-bond donors (Lipinski definition) is 1. The molecule has 0 saturated carbocycles. The van der Waals surface area contributed by atoms with Gasteiger partial charge in [-0.2, -0.15) is 0 Å². The van der Waals surface area contributed by atoms with E-state index in [1.54, 1.807) is 0 Å². The third-order valence-electron chi connectivity index (χ3n) is 3.67. The van der Waals surface area contributed by atoms with E-state index < -0.39 is 16.8 Å². The Balaban J connectivity index is 1.87. The molecule has 0 radical (unpaired) electrons. The quantitative estimate of drug-likeness (QED) is 0.619. The monoisotopic (exact) mass is 296 g/mol. The van der Waals surface area contributed by atoms with Crippen LogP contribution in [0.4, 0.5) is 5.82 Å². The molecule has 1 aliphatic heterocycles. The van der Waals surface area contributed by atoms with Gasteiger partial charge in [-0.05, 0) is 15.8 Å². The van der Waals surface area contributed by atoms with Crippen molar-refractivity contribution in [1.29, 1.82) is 0 Å². The van der Waals surface area contributed by atoms with Crippen LogP contribution in [0, 0.1) is 22.0 Å². The Morgan fingerprint density at radius 2 is 2.24 bits per heavy atom. The van der Waals surface area contributed by atoms with Gasteiger partial charge in [0.1, 0.15) is 6.20 Å². The number of aromatic nitrogens is 2. The van der Waals surface area contributed by atoms with Gasteiger partial charge in [0.05, 0.1) is 5.92 Å². The smallest absolute Gasteiger partial charge is 0.381 e. The minimum Gasteiger partial charge on any atom is -0.481 e. The number of aliphatic carboxylic acids is 1. The van der Waals surface area contributed by atoms with Crippen molar-refractivity contribution in [2.75, 3.05) is 13.1 Å². The number of rotatable bonds is 5. The van der Waals surface area contributed by atoms with Crippen molar-refractivity contribution >= 4 is 17.7 Å². The van der Waals surface area contributed by atoms with Crippen LogP contribution in [0.15, 0.2) is 12.5 Å². The van der Waals surface area contributed by atoms with Crippen LogP contribution >= 0.6 is 0 Å². The molecule has 1 saturated heterocycles. The highest BCUT2D eigenvalue weighted by molar-refractivity contribution is 5.78. The predicted molar refractivity (Wildman–Crippen MR) is 70.4 cm³/mol. The second-order valence-corrected chi connectivity index (χ2v) is 5.20. The molecule has 0 unspecified atom stereocenters. The summed E-state index contributed by atoms with van der Waals surface area (Å²) in [5.41, 5.74) is 0. The van der Waals surface area contributed by atoms with Gasteiger partial charge in [0.25, 0.3) is 0 Å². The average Bonchev–Trinajstić information content (AvgIpc) is 3.02. The van der Waals surface area contributed by atoms with E-state index in [-0.39, 0.29) is 37.2 Å². The summed E-state index contributed by atoms with van der Waals surface area (Å²) in [7, 11) is 0. The van der Waals surface area contributed by atoms with E-state index in [0.29, 0.717) is 6.54 Å². The van der Waals surface area contributed by atoms with E-state index in [9.17, 15) is 19.7 Å². The number of carboxylic acid groups (broad SMARTS) is 1. The van der Waals surface area contributed by atoms with Gasteiger partial charge in [0, 0.05) is 26.1 Å². The molecule has 21 heavy (non-hydrogen) atoms. The molecule has 1 N–H and O–H groups in total. The Morgan fingerprint density at radius 3 is 2.76 bits per heavy atom. The summed E-state index contributed by atoms with van der Waals surface area (Å²) in [5, 5.41) is 19.5. The molecule has 9 nitrogen and oxygen atoms in total. The summed E-state index contributed by atoms with van der Waals surface area (Å²) >= 11 is 0. The number of aryl methyl sites for hydroxylation is 1. The van der Waals surface area contributed by atoms with Gasteiger partial charge in [-0.15, -0.1) is 0 Å². The summed E-state index contributed by atoms with van der Waals surface area (Å²) in [6.45, 7) is 2.74. The zero-order valence-electron chi connectivity index (χ0n) is 11.5. The number of carbonyl (C=O) groups excluding carboxylic acids is 1. The highest BCUT2D eigenvalue weighted by Gasteiger charge is 2.36. The van der Waals surface area contributed by atoms with E-state index in [4.69, 9.17) is 5.11 Å². The fourth-order valence-electron chi connectivity index (χ4n) is 2.44. The van der Waals surface area contributed by atoms with Crippen LogP contribution in [0.25, 0.3) is 0 Å². The van der Waals surface area contributed by atoms with Crippen LogP contribution in [0.1, 0.15) is 13.3 Å². The molecular formula is C12H16N4O5. The van der Waals surface area contributed by atoms with Crippen LogP contribution in [-0.2, 0) is 16.1 Å². The molecular weight excluding hydrogens is 280 g/mol. The highest BCUT2D eigenvalue weighted by Crippen LogP contribution is 2.23. The molecule has 2 heterocycles. The van der Waals surface area contributed by atoms with Crippen molar-refractivity contribution in [3.63, 3.8) is 0 Å². The lowest BCUT2D eigenvalue weighted by molar-refractivity contribution is -0.389. The van der Waals surface area contributed by atoms with Crippen LogP contribution in [0.3, 0.4) is 0 Å². The van der Waals surface area contributed by atoms with Gasteiger partial charge in [-0.3, -0.25) is 9.59 Å². The number of nitrogens with zero attached hydrogens (tertiary/aromatic N) is 4. The lowest BCUT2D eigenvalue weighted by atomic mass is 9.99. The summed E-state index contributed by atoms with van der Waals surface area (Å²) < 4.78 is 1.48. The molecule has 9 heteroatoms. The van der Waals surface area contributed by atoms with Crippen LogP contribution in [-0.4, -0.2) is 49.4 Å². The van der Waals surface area contributed by atoms with Gasteiger partial charge >= 0.3 is 11.8 Å². The molecule has 1 amide bonds. The Hall–Kier alpha value is -2.45. The SMILES string of the molecule is C[C@@H]1CN(C(=O)CCn2cnc([N+](=O)[O-])c2)C[C@H]1C(=O)O. The molecule has 0 aliphatic carbocycles. The van der Waals surface area contributed by atoms with Crippen molar-refractivity contribution in [2.45, 2.75) is 19.9 Å². The zero-order chi connectivity index (χ0) is 15.6. The Morgan fingerprint density at radius 1 is 1.52 bits per heavy atom. The van der Waals surface area contributed by atoms with Gasteiger partial charge in [0.15, 0.2) is 0 Å². The van der Waals surface area contributed by atoms with E-state index in [1.165, 1.54) is 22.0 Å². The van der Waals surface area contributed by atoms with E-state index in [2.05, 4.69) is 4.98 Å². The largest absolute Gasteiger partial charge is 0.481 e. The first-order valence-corrected chi connectivity index (χ1v) is 6.55. The normalized spacial score (nSPS) is 21.5. The second kappa shape index (κ2) is 5.90. The third-order valence-corrected chi connectivity index (χ3v) is 3.67. The fourth-order valence-corrected chi connectivity index (χ4v) is 2.44. The zero-order valence-corrected chi connectivity index (χ0v) is 11.5. The van der Waals surface area contributed by atoms with Crippen molar-refractivity contribution in [1.82, 2.24) is 14.5 Å². The minimum atomic E-state index is -0.886. The van der Waals surface area contributed by atoms with E-state index >= 15 is 0 Å². The van der Waals surface area contributed by atoms with Crippen molar-refractivity contribution < 1.29 is 19.6 Å². The molecule has 1 aromatic heterocycles. The lowest BCUT2D eigenvalue weighted by Gasteiger charge is -2.15. The van der Waals surface area contributed by atoms with Crippen LogP contribution < -0.4 is 0 Å². The minimum absolute atomic E-state index is 0.0687. The van der Waals surface area contributed by atoms with Gasteiger partial charge in [-0.25, -0.2) is 0 Å². The van der Waals surface area contributed by atoms with E-state index in [1.807, 2.05) is 6.92 Å². The van der Waals surface area contributed by atoms with Crippen LogP contribution in [0.5, 0.6) is 0 Å². The molecule has 1 fully saturated rings. The van der Waals surface area contributed by atoms with Gasteiger partial charge in [0.2, 0.25) is 12.2 Å². The van der Waals surface area contributed by atoms with Gasteiger partial charge in [-0.1, -0.05) is 6.92 Å². The Labute approximate surface area is 120 Å². The topological polar surface area (TPSA) is 119 Å². The fraction of sp³-hybridized carbons (Fsp3) is 0.583. The molecule has 114 valence electrons. The molecule has 2 atom stereocenters. The van der Waals surface area contributed by atoms with Crippen molar-refractivity contribution in [3.05, 3.63) is 22.6 Å².